The van der Waals surface area contributed by atoms with Crippen molar-refractivity contribution in [3.8, 4) is 5.75 Å². The maximum absolute atomic E-state index is 13.4. The standard InChI is InChI=1S/C12H8FNO3S/c13-10-5-2-6-11(12(10)14(16)17)18-9-4-1-3-8(15)7-9/h1-7,15H. The smallest absolute Gasteiger partial charge is 0.318 e. The Bertz CT molecular complexity index is 604. The second kappa shape index (κ2) is 5.05. The van der Waals surface area contributed by atoms with Crippen molar-refractivity contribution < 1.29 is 14.4 Å². The lowest BCUT2D eigenvalue weighted by Gasteiger charge is -2.03. The molecular formula is C12H8FNO3S. The van der Waals surface area contributed by atoms with Crippen molar-refractivity contribution in [3.05, 3.63) is 58.4 Å². The van der Waals surface area contributed by atoms with Gasteiger partial charge in [-0.3, -0.25) is 10.1 Å². The van der Waals surface area contributed by atoms with Crippen molar-refractivity contribution in [2.24, 2.45) is 0 Å². The molecule has 2 aromatic rings. The summed E-state index contributed by atoms with van der Waals surface area (Å²) < 4.78 is 13.4. The van der Waals surface area contributed by atoms with Crippen molar-refractivity contribution in [2.75, 3.05) is 0 Å². The van der Waals surface area contributed by atoms with Crippen LogP contribution < -0.4 is 0 Å². The van der Waals surface area contributed by atoms with E-state index in [0.717, 1.165) is 17.8 Å². The van der Waals surface area contributed by atoms with Crippen LogP contribution in [-0.2, 0) is 0 Å². The van der Waals surface area contributed by atoms with Crippen LogP contribution in [-0.4, -0.2) is 10.0 Å². The number of halogens is 1. The van der Waals surface area contributed by atoms with E-state index in [0.29, 0.717) is 4.90 Å². The fraction of sp³-hybridized carbons (Fsp3) is 0. The minimum Gasteiger partial charge on any atom is -0.508 e. The SMILES string of the molecule is O=[N+]([O-])c1c(F)cccc1Sc1cccc(O)c1. The molecule has 0 unspecified atom stereocenters. The van der Waals surface area contributed by atoms with E-state index in [1.807, 2.05) is 0 Å². The van der Waals surface area contributed by atoms with Crippen molar-refractivity contribution in [2.45, 2.75) is 9.79 Å². The van der Waals surface area contributed by atoms with Crippen LogP contribution in [0, 0.1) is 15.9 Å². The average Bonchev–Trinajstić information content (AvgIpc) is 2.28. The molecule has 0 aliphatic heterocycles. The first-order valence-electron chi connectivity index (χ1n) is 4.97. The van der Waals surface area contributed by atoms with Crippen molar-refractivity contribution >= 4 is 17.4 Å². The molecule has 0 aromatic heterocycles. The van der Waals surface area contributed by atoms with Gasteiger partial charge in [-0.1, -0.05) is 23.9 Å². The Morgan fingerprint density at radius 1 is 1.22 bits per heavy atom. The number of para-hydroxylation sites is 1. The zero-order valence-electron chi connectivity index (χ0n) is 9.04. The second-order valence-corrected chi connectivity index (χ2v) is 4.56. The lowest BCUT2D eigenvalue weighted by Crippen LogP contribution is -1.94. The molecule has 0 aliphatic carbocycles. The molecule has 0 fully saturated rings. The topological polar surface area (TPSA) is 63.4 Å². The summed E-state index contributed by atoms with van der Waals surface area (Å²) >= 11 is 1.03. The number of aromatic hydroxyl groups is 1. The van der Waals surface area contributed by atoms with Gasteiger partial charge in [-0.2, -0.15) is 4.39 Å². The van der Waals surface area contributed by atoms with Crippen LogP contribution in [0.1, 0.15) is 0 Å². The molecule has 0 bridgehead atoms. The van der Waals surface area contributed by atoms with Crippen LogP contribution in [0.2, 0.25) is 0 Å². The normalized spacial score (nSPS) is 10.3. The van der Waals surface area contributed by atoms with Gasteiger partial charge in [0.05, 0.1) is 9.82 Å². The van der Waals surface area contributed by atoms with Gasteiger partial charge in [0.25, 0.3) is 0 Å². The van der Waals surface area contributed by atoms with Crippen molar-refractivity contribution in [3.63, 3.8) is 0 Å². The summed E-state index contributed by atoms with van der Waals surface area (Å²) in [5.41, 5.74) is -0.550. The van der Waals surface area contributed by atoms with Gasteiger partial charge >= 0.3 is 5.69 Å². The Morgan fingerprint density at radius 3 is 2.61 bits per heavy atom. The molecule has 0 saturated heterocycles. The summed E-state index contributed by atoms with van der Waals surface area (Å²) in [5, 5.41) is 20.1. The third-order valence-corrected chi connectivity index (χ3v) is 3.22. The molecule has 2 aromatic carbocycles. The number of nitro benzene ring substituents is 1. The van der Waals surface area contributed by atoms with Gasteiger partial charge in [0.15, 0.2) is 0 Å². The van der Waals surface area contributed by atoms with E-state index in [-0.39, 0.29) is 10.6 Å². The van der Waals surface area contributed by atoms with E-state index in [1.54, 1.807) is 12.1 Å². The molecule has 0 heterocycles. The summed E-state index contributed by atoms with van der Waals surface area (Å²) in [6.07, 6.45) is 0. The summed E-state index contributed by atoms with van der Waals surface area (Å²) in [5.74, 6) is -0.816. The van der Waals surface area contributed by atoms with Crippen molar-refractivity contribution in [1.29, 1.82) is 0 Å². The third kappa shape index (κ3) is 2.60. The molecular weight excluding hydrogens is 257 g/mol. The molecule has 4 nitrogen and oxygen atoms in total. The Kier molecular flexibility index (Phi) is 3.47. The van der Waals surface area contributed by atoms with Crippen LogP contribution >= 0.6 is 11.8 Å². The maximum Gasteiger partial charge on any atom is 0.318 e. The quantitative estimate of drug-likeness (QED) is 0.680. The molecule has 0 radical (unpaired) electrons. The number of phenols is 1. The lowest BCUT2D eigenvalue weighted by molar-refractivity contribution is -0.390. The highest BCUT2D eigenvalue weighted by Gasteiger charge is 2.20. The van der Waals surface area contributed by atoms with Crippen LogP contribution in [0.4, 0.5) is 10.1 Å². The molecule has 2 rings (SSSR count). The minimum absolute atomic E-state index is 0.0547. The Morgan fingerprint density at radius 2 is 1.94 bits per heavy atom. The van der Waals surface area contributed by atoms with E-state index in [2.05, 4.69) is 0 Å². The van der Waals surface area contributed by atoms with Gasteiger partial charge in [-0.25, -0.2) is 0 Å². The lowest BCUT2D eigenvalue weighted by atomic mass is 10.3. The summed E-state index contributed by atoms with van der Waals surface area (Å²) in [6.45, 7) is 0. The largest absolute Gasteiger partial charge is 0.508 e. The highest BCUT2D eigenvalue weighted by atomic mass is 32.2. The van der Waals surface area contributed by atoms with Gasteiger partial charge in [-0.15, -0.1) is 0 Å². The van der Waals surface area contributed by atoms with Gasteiger partial charge < -0.3 is 5.11 Å². The van der Waals surface area contributed by atoms with E-state index < -0.39 is 16.4 Å². The zero-order valence-corrected chi connectivity index (χ0v) is 9.86. The van der Waals surface area contributed by atoms with Crippen LogP contribution in [0.5, 0.6) is 5.75 Å². The number of rotatable bonds is 3. The van der Waals surface area contributed by atoms with Gasteiger partial charge in [0.2, 0.25) is 5.82 Å². The monoisotopic (exact) mass is 265 g/mol. The predicted molar refractivity (Wildman–Crippen MR) is 65.3 cm³/mol. The van der Waals surface area contributed by atoms with Crippen molar-refractivity contribution in [1.82, 2.24) is 0 Å². The number of benzene rings is 2. The zero-order chi connectivity index (χ0) is 13.1. The number of nitrogens with zero attached hydrogens (tertiary/aromatic N) is 1. The Hall–Kier alpha value is -2.08. The highest BCUT2D eigenvalue weighted by Crippen LogP contribution is 2.36. The molecule has 6 heteroatoms. The molecule has 0 amide bonds. The fourth-order valence-electron chi connectivity index (χ4n) is 1.43. The fourth-order valence-corrected chi connectivity index (χ4v) is 2.42. The molecule has 0 aliphatic rings. The van der Waals surface area contributed by atoms with E-state index >= 15 is 0 Å². The maximum atomic E-state index is 13.4. The Labute approximate surface area is 106 Å². The van der Waals surface area contributed by atoms with Crippen LogP contribution in [0.25, 0.3) is 0 Å². The number of nitro groups is 1. The van der Waals surface area contributed by atoms with Gasteiger partial charge in [0.1, 0.15) is 5.75 Å². The number of phenolic OH excluding ortho intramolecular Hbond substituents is 1. The molecule has 0 atom stereocenters. The third-order valence-electron chi connectivity index (χ3n) is 2.18. The van der Waals surface area contributed by atoms with Gasteiger partial charge in [-0.05, 0) is 30.3 Å². The van der Waals surface area contributed by atoms with E-state index in [1.165, 1.54) is 24.3 Å². The van der Waals surface area contributed by atoms with E-state index in [9.17, 15) is 19.6 Å². The molecule has 0 saturated carbocycles. The summed E-state index contributed by atoms with van der Waals surface area (Å²) in [4.78, 5) is 10.9. The first-order chi connectivity index (χ1) is 8.58. The average molecular weight is 265 g/mol. The first kappa shape index (κ1) is 12.4. The summed E-state index contributed by atoms with van der Waals surface area (Å²) in [6, 6.07) is 10.2. The van der Waals surface area contributed by atoms with Gasteiger partial charge in [0, 0.05) is 4.90 Å². The Balaban J connectivity index is 2.40. The van der Waals surface area contributed by atoms with Crippen LogP contribution in [0.3, 0.4) is 0 Å². The van der Waals surface area contributed by atoms with Crippen LogP contribution in [0.15, 0.2) is 52.3 Å². The highest BCUT2D eigenvalue weighted by molar-refractivity contribution is 7.99. The minimum atomic E-state index is -0.870. The van der Waals surface area contributed by atoms with E-state index in [4.69, 9.17) is 0 Å². The number of hydrogen-bond acceptors (Lipinski definition) is 4. The number of hydrogen-bond donors (Lipinski definition) is 1. The molecule has 0 spiro atoms. The molecule has 18 heavy (non-hydrogen) atoms. The second-order valence-electron chi connectivity index (χ2n) is 3.44. The first-order valence-corrected chi connectivity index (χ1v) is 5.79. The molecule has 1 N–H and O–H groups in total. The summed E-state index contributed by atoms with van der Waals surface area (Å²) in [7, 11) is 0. The predicted octanol–water partition coefficient (Wildman–Crippen LogP) is 3.59. The molecule has 92 valence electrons.